The number of nitrogens with zero attached hydrogens (tertiary/aromatic N) is 2. The van der Waals surface area contributed by atoms with E-state index in [2.05, 4.69) is 15.2 Å². The molecular formula is C19H20FN3O. The Morgan fingerprint density at radius 1 is 1.21 bits per heavy atom. The molecule has 0 spiro atoms. The van der Waals surface area contributed by atoms with Gasteiger partial charge in [0.25, 0.3) is 0 Å². The number of pyridine rings is 1. The molecule has 1 saturated heterocycles. The molecule has 5 heteroatoms. The monoisotopic (exact) mass is 325 g/mol. The zero-order chi connectivity index (χ0) is 16.9. The number of hydrogen-bond acceptors (Lipinski definition) is 3. The van der Waals surface area contributed by atoms with Crippen molar-refractivity contribution in [3.05, 3.63) is 60.1 Å². The van der Waals surface area contributed by atoms with Crippen LogP contribution in [0, 0.1) is 5.82 Å². The van der Waals surface area contributed by atoms with E-state index in [0.717, 1.165) is 42.9 Å². The van der Waals surface area contributed by atoms with E-state index >= 15 is 0 Å². The van der Waals surface area contributed by atoms with Crippen molar-refractivity contribution in [2.45, 2.75) is 19.8 Å². The second-order valence-electron chi connectivity index (χ2n) is 5.89. The summed E-state index contributed by atoms with van der Waals surface area (Å²) in [6.45, 7) is 3.76. The van der Waals surface area contributed by atoms with E-state index in [4.69, 9.17) is 0 Å². The molecule has 0 unspecified atom stereocenters. The molecule has 2 aromatic rings. The number of aromatic nitrogens is 1. The first kappa shape index (κ1) is 16.2. The zero-order valence-electron chi connectivity index (χ0n) is 13.6. The molecule has 0 saturated carbocycles. The SMILES string of the molecule is C/C(=C\C(=O)Nc1cccnc1N1CCCC1)c1ccc(F)cc1. The highest BCUT2D eigenvalue weighted by Crippen LogP contribution is 2.26. The van der Waals surface area contributed by atoms with Crippen LogP contribution in [0.4, 0.5) is 15.9 Å². The van der Waals surface area contributed by atoms with E-state index in [1.807, 2.05) is 19.1 Å². The van der Waals surface area contributed by atoms with Crippen LogP contribution in [0.1, 0.15) is 25.3 Å². The fourth-order valence-electron chi connectivity index (χ4n) is 2.84. The van der Waals surface area contributed by atoms with Crippen LogP contribution in [0.2, 0.25) is 0 Å². The number of rotatable bonds is 4. The van der Waals surface area contributed by atoms with Crippen molar-refractivity contribution in [2.24, 2.45) is 0 Å². The zero-order valence-corrected chi connectivity index (χ0v) is 13.6. The molecule has 1 aromatic heterocycles. The van der Waals surface area contributed by atoms with Gasteiger partial charge in [0.05, 0.1) is 5.69 Å². The quantitative estimate of drug-likeness (QED) is 0.868. The standard InChI is InChI=1S/C19H20FN3O/c1-14(15-6-8-16(20)9-7-15)13-18(24)22-17-5-4-10-21-19(17)23-11-2-3-12-23/h4-10,13H,2-3,11-12H2,1H3,(H,22,24)/b14-13+. The molecule has 24 heavy (non-hydrogen) atoms. The lowest BCUT2D eigenvalue weighted by Gasteiger charge is -2.19. The van der Waals surface area contributed by atoms with E-state index in [-0.39, 0.29) is 11.7 Å². The summed E-state index contributed by atoms with van der Waals surface area (Å²) < 4.78 is 13.0. The summed E-state index contributed by atoms with van der Waals surface area (Å²) in [5.41, 5.74) is 2.31. The Morgan fingerprint density at radius 2 is 1.92 bits per heavy atom. The minimum absolute atomic E-state index is 0.217. The fourth-order valence-corrected chi connectivity index (χ4v) is 2.84. The number of halogens is 1. The number of benzene rings is 1. The van der Waals surface area contributed by atoms with E-state index in [1.54, 1.807) is 18.3 Å². The molecule has 124 valence electrons. The summed E-state index contributed by atoms with van der Waals surface area (Å²) in [5, 5.41) is 2.91. The molecule has 0 aliphatic carbocycles. The van der Waals surface area contributed by atoms with Gasteiger partial charge in [-0.15, -0.1) is 0 Å². The number of carbonyl (C=O) groups is 1. The Labute approximate surface area is 141 Å². The highest BCUT2D eigenvalue weighted by atomic mass is 19.1. The molecule has 0 atom stereocenters. The van der Waals surface area contributed by atoms with E-state index in [1.165, 1.54) is 18.2 Å². The fraction of sp³-hybridized carbons (Fsp3) is 0.263. The Kier molecular flexibility index (Phi) is 4.89. The van der Waals surface area contributed by atoms with E-state index in [9.17, 15) is 9.18 Å². The lowest BCUT2D eigenvalue weighted by molar-refractivity contribution is -0.111. The first-order valence-corrected chi connectivity index (χ1v) is 8.09. The molecule has 1 N–H and O–H groups in total. The molecule has 1 aliphatic heterocycles. The summed E-state index contributed by atoms with van der Waals surface area (Å²) in [5.74, 6) is 0.308. The number of amides is 1. The maximum atomic E-state index is 13.0. The largest absolute Gasteiger partial charge is 0.355 e. The maximum Gasteiger partial charge on any atom is 0.248 e. The van der Waals surface area contributed by atoms with Crippen LogP contribution < -0.4 is 10.2 Å². The summed E-state index contributed by atoms with van der Waals surface area (Å²) in [6.07, 6.45) is 5.55. The third kappa shape index (κ3) is 3.79. The van der Waals surface area contributed by atoms with Crippen LogP contribution >= 0.6 is 0 Å². The first-order chi connectivity index (χ1) is 11.6. The lowest BCUT2D eigenvalue weighted by atomic mass is 10.1. The van der Waals surface area contributed by atoms with Crippen LogP contribution in [-0.2, 0) is 4.79 Å². The second kappa shape index (κ2) is 7.25. The molecule has 1 amide bonds. The highest BCUT2D eigenvalue weighted by molar-refractivity contribution is 6.05. The van der Waals surface area contributed by atoms with Gasteiger partial charge in [0.15, 0.2) is 5.82 Å². The molecule has 1 aliphatic rings. The van der Waals surface area contributed by atoms with Crippen molar-refractivity contribution in [1.82, 2.24) is 4.98 Å². The van der Waals surface area contributed by atoms with Crippen LogP contribution in [-0.4, -0.2) is 24.0 Å². The van der Waals surface area contributed by atoms with Crippen LogP contribution in [0.3, 0.4) is 0 Å². The highest BCUT2D eigenvalue weighted by Gasteiger charge is 2.17. The second-order valence-corrected chi connectivity index (χ2v) is 5.89. The maximum absolute atomic E-state index is 13.0. The number of allylic oxidation sites excluding steroid dienone is 1. The average molecular weight is 325 g/mol. The van der Waals surface area contributed by atoms with Gasteiger partial charge in [-0.3, -0.25) is 4.79 Å². The van der Waals surface area contributed by atoms with Crippen LogP contribution in [0.25, 0.3) is 5.57 Å². The summed E-state index contributed by atoms with van der Waals surface area (Å²) >= 11 is 0. The van der Waals surface area contributed by atoms with Crippen molar-refractivity contribution in [3.8, 4) is 0 Å². The minimum Gasteiger partial charge on any atom is -0.355 e. The Bertz CT molecular complexity index is 749. The molecule has 1 aromatic carbocycles. The first-order valence-electron chi connectivity index (χ1n) is 8.09. The van der Waals surface area contributed by atoms with Gasteiger partial charge in [-0.1, -0.05) is 12.1 Å². The Hall–Kier alpha value is -2.69. The molecule has 0 radical (unpaired) electrons. The number of carbonyl (C=O) groups excluding carboxylic acids is 1. The number of hydrogen-bond donors (Lipinski definition) is 1. The van der Waals surface area contributed by atoms with Crippen molar-refractivity contribution in [2.75, 3.05) is 23.3 Å². The van der Waals surface area contributed by atoms with Gasteiger partial charge in [-0.2, -0.15) is 0 Å². The predicted octanol–water partition coefficient (Wildman–Crippen LogP) is 3.86. The smallest absolute Gasteiger partial charge is 0.248 e. The molecule has 0 bridgehead atoms. The summed E-state index contributed by atoms with van der Waals surface area (Å²) in [7, 11) is 0. The molecule has 1 fully saturated rings. The summed E-state index contributed by atoms with van der Waals surface area (Å²) in [6, 6.07) is 9.77. The third-order valence-corrected chi connectivity index (χ3v) is 4.10. The average Bonchev–Trinajstić information content (AvgIpc) is 3.10. The van der Waals surface area contributed by atoms with E-state index in [0.29, 0.717) is 5.69 Å². The third-order valence-electron chi connectivity index (χ3n) is 4.10. The van der Waals surface area contributed by atoms with E-state index < -0.39 is 0 Å². The topological polar surface area (TPSA) is 45.2 Å². The van der Waals surface area contributed by atoms with Crippen molar-refractivity contribution < 1.29 is 9.18 Å². The van der Waals surface area contributed by atoms with Crippen molar-refractivity contribution >= 4 is 23.0 Å². The number of anilines is 2. The minimum atomic E-state index is -0.290. The van der Waals surface area contributed by atoms with Crippen molar-refractivity contribution in [3.63, 3.8) is 0 Å². The van der Waals surface area contributed by atoms with Crippen LogP contribution in [0.5, 0.6) is 0 Å². The Balaban J connectivity index is 1.75. The molecule has 4 nitrogen and oxygen atoms in total. The van der Waals surface area contributed by atoms with Crippen molar-refractivity contribution in [1.29, 1.82) is 0 Å². The van der Waals surface area contributed by atoms with Gasteiger partial charge in [0.1, 0.15) is 5.82 Å². The van der Waals surface area contributed by atoms with Gasteiger partial charge in [0.2, 0.25) is 5.91 Å². The molecular weight excluding hydrogens is 305 g/mol. The van der Waals surface area contributed by atoms with Gasteiger partial charge >= 0.3 is 0 Å². The van der Waals surface area contributed by atoms with Gasteiger partial charge < -0.3 is 10.2 Å². The summed E-state index contributed by atoms with van der Waals surface area (Å²) in [4.78, 5) is 18.9. The van der Waals surface area contributed by atoms with Gasteiger partial charge in [-0.05, 0) is 55.2 Å². The number of nitrogens with one attached hydrogen (secondary N) is 1. The lowest BCUT2D eigenvalue weighted by Crippen LogP contribution is -2.21. The van der Waals surface area contributed by atoms with Crippen LogP contribution in [0.15, 0.2) is 48.7 Å². The van der Waals surface area contributed by atoms with Gasteiger partial charge in [-0.25, -0.2) is 9.37 Å². The Morgan fingerprint density at radius 3 is 2.62 bits per heavy atom. The predicted molar refractivity (Wildman–Crippen MR) is 94.4 cm³/mol. The molecule has 3 rings (SSSR count). The van der Waals surface area contributed by atoms with Gasteiger partial charge in [0, 0.05) is 25.4 Å². The normalized spacial score (nSPS) is 14.8. The molecule has 2 heterocycles.